The van der Waals surface area contributed by atoms with Crippen molar-refractivity contribution in [2.75, 3.05) is 66.2 Å². The van der Waals surface area contributed by atoms with Gasteiger partial charge in [0.25, 0.3) is 17.5 Å². The molecule has 1 aromatic heterocycles. The minimum Gasteiger partial charge on any atom is -0.710 e. The van der Waals surface area contributed by atoms with Crippen LogP contribution in [0.5, 0.6) is 0 Å². The SMILES string of the molecule is CC=C=C(C(=O)NCCCOCCOCCCNC)C([S-])=[NH+]CC(=O)NCCCCNC(=O)c1ccc(C)c([S-])[nH+]1.O.O.[Cu+2]. The monoisotopic (exact) mass is 707 g/mol. The summed E-state index contributed by atoms with van der Waals surface area (Å²) in [6.45, 7) is 8.03. The molecule has 0 fully saturated rings. The molecule has 0 saturated heterocycles. The van der Waals surface area contributed by atoms with Gasteiger partial charge in [0.15, 0.2) is 0 Å². The molecule has 3 amide bonds. The normalized spacial score (nSPS) is 10.2. The van der Waals surface area contributed by atoms with E-state index in [1.54, 1.807) is 25.1 Å². The van der Waals surface area contributed by atoms with Crippen LogP contribution in [-0.2, 0) is 61.4 Å². The first-order chi connectivity index (χ1) is 19.8. The summed E-state index contributed by atoms with van der Waals surface area (Å²) < 4.78 is 11.0. The molecule has 0 bridgehead atoms. The van der Waals surface area contributed by atoms with Gasteiger partial charge in [-0.05, 0) is 70.8 Å². The topological polar surface area (TPSA) is 209 Å². The van der Waals surface area contributed by atoms with Crippen LogP contribution >= 0.6 is 0 Å². The van der Waals surface area contributed by atoms with Crippen molar-refractivity contribution < 1.29 is 61.9 Å². The number of hydrogen-bond donors (Lipinski definition) is 5. The molecule has 1 heterocycles. The number of aryl methyl sites for hydroxylation is 1. The van der Waals surface area contributed by atoms with Crippen molar-refractivity contribution in [3.8, 4) is 0 Å². The molecule has 1 radical (unpaired) electrons. The van der Waals surface area contributed by atoms with Gasteiger partial charge in [-0.2, -0.15) is 0 Å². The number of H-pyrrole nitrogens is 1. The number of aromatic nitrogens is 1. The van der Waals surface area contributed by atoms with Gasteiger partial charge < -0.3 is 67.0 Å². The Morgan fingerprint density at radius 3 is 2.11 bits per heavy atom. The predicted octanol–water partition coefficient (Wildman–Crippen LogP) is -3.03. The van der Waals surface area contributed by atoms with E-state index in [4.69, 9.17) is 34.7 Å². The predicted molar refractivity (Wildman–Crippen MR) is 168 cm³/mol. The Kier molecular flexibility index (Phi) is 30.5. The minimum atomic E-state index is -0.372. The molecule has 44 heavy (non-hydrogen) atoms. The number of amides is 3. The molecule has 1 rings (SSSR count). The van der Waals surface area contributed by atoms with Crippen molar-refractivity contribution in [3.63, 3.8) is 0 Å². The standard InChI is InChI=1S/C28H44N6O5S2.Cu.2H2O/c1-4-9-22(25(36)31-15-8-17-39-19-18-38-16-7-12-29-3)28(41)33-20-24(35)30-13-5-6-14-32-26(37)23-11-10-21(2)27(40)34-23;;;/h4,10-11,29H,5-8,12-20H2,1-3H3,(H,30,35)(H,31,36)(H,32,37)(H,33,41)(H,34,40);;2*1H2/q;+2;;. The smallest absolute Gasteiger partial charge is 0.710 e. The van der Waals surface area contributed by atoms with Gasteiger partial charge >= 0.3 is 23.0 Å². The number of hydrogen-bond acceptors (Lipinski definition) is 8. The number of unbranched alkanes of at least 4 members (excludes halogenated alkanes) is 1. The molecular weight excluding hydrogens is 660 g/mol. The van der Waals surface area contributed by atoms with E-state index >= 15 is 0 Å². The number of pyridine rings is 1. The molecule has 0 aliphatic heterocycles. The third kappa shape index (κ3) is 21.3. The molecule has 16 heteroatoms. The van der Waals surface area contributed by atoms with Crippen LogP contribution in [-0.4, -0.2) is 99.9 Å². The molecule has 0 aliphatic carbocycles. The third-order valence-corrected chi connectivity index (χ3v) is 6.33. The maximum absolute atomic E-state index is 12.6. The van der Waals surface area contributed by atoms with E-state index in [0.717, 1.165) is 18.5 Å². The van der Waals surface area contributed by atoms with Crippen LogP contribution in [0.1, 0.15) is 48.7 Å². The molecule has 0 atom stereocenters. The minimum absolute atomic E-state index is 0. The molecule has 0 aromatic carbocycles. The van der Waals surface area contributed by atoms with Crippen LogP contribution in [0.2, 0.25) is 0 Å². The first kappa shape index (κ1) is 45.9. The van der Waals surface area contributed by atoms with E-state index in [9.17, 15) is 14.4 Å². The van der Waals surface area contributed by atoms with Gasteiger partial charge in [0.2, 0.25) is 6.54 Å². The number of rotatable bonds is 21. The number of aromatic amines is 1. The maximum atomic E-state index is 12.6. The molecule has 0 unspecified atom stereocenters. The Balaban J connectivity index is -0.00000560. The summed E-state index contributed by atoms with van der Waals surface area (Å²) in [5.41, 5.74) is 4.32. The average Bonchev–Trinajstić information content (AvgIpc) is 2.96. The Morgan fingerprint density at radius 1 is 0.932 bits per heavy atom. The molecule has 13 nitrogen and oxygen atoms in total. The van der Waals surface area contributed by atoms with Crippen molar-refractivity contribution in [2.45, 2.75) is 44.6 Å². The maximum Gasteiger partial charge on any atom is 2.00 e. The van der Waals surface area contributed by atoms with E-state index in [-0.39, 0.29) is 62.9 Å². The summed E-state index contributed by atoms with van der Waals surface area (Å²) in [7, 11) is 1.91. The largest absolute Gasteiger partial charge is 2.00 e. The van der Waals surface area contributed by atoms with Gasteiger partial charge in [-0.3, -0.25) is 19.4 Å². The van der Waals surface area contributed by atoms with Crippen molar-refractivity contribution >= 4 is 48.0 Å². The number of carbonyl (C=O) groups is 3. The summed E-state index contributed by atoms with van der Waals surface area (Å²) in [5.74, 6) is -0.854. The van der Waals surface area contributed by atoms with Gasteiger partial charge in [0.1, 0.15) is 5.57 Å². The van der Waals surface area contributed by atoms with E-state index in [1.165, 1.54) is 0 Å². The second kappa shape index (κ2) is 29.2. The van der Waals surface area contributed by atoms with Gasteiger partial charge in [-0.1, -0.05) is 0 Å². The zero-order chi connectivity index (χ0) is 30.3. The Labute approximate surface area is 281 Å². The molecule has 0 aliphatic rings. The molecule has 10 N–H and O–H groups in total. The van der Waals surface area contributed by atoms with Crippen LogP contribution in [0.15, 0.2) is 34.5 Å². The second-order valence-corrected chi connectivity index (χ2v) is 9.80. The summed E-state index contributed by atoms with van der Waals surface area (Å²) >= 11 is 10.5. The van der Waals surface area contributed by atoms with E-state index in [1.807, 2.05) is 14.0 Å². The zero-order valence-electron chi connectivity index (χ0n) is 25.6. The first-order valence-corrected chi connectivity index (χ1v) is 14.6. The van der Waals surface area contributed by atoms with Crippen LogP contribution in [0.4, 0.5) is 0 Å². The van der Waals surface area contributed by atoms with Crippen LogP contribution < -0.4 is 31.2 Å². The quantitative estimate of drug-likeness (QED) is 0.0168. The molecule has 0 saturated carbocycles. The second-order valence-electron chi connectivity index (χ2n) is 8.98. The molecular formula is C28H48CuN6O7S2+2. The summed E-state index contributed by atoms with van der Waals surface area (Å²) in [6, 6.07) is 3.50. The number of ether oxygens (including phenoxy) is 2. The third-order valence-electron chi connectivity index (χ3n) is 5.55. The number of carbonyl (C=O) groups excluding carboxylic acids is 3. The van der Waals surface area contributed by atoms with E-state index < -0.39 is 0 Å². The fraction of sp³-hybridized carbons (Fsp3) is 0.571. The van der Waals surface area contributed by atoms with Crippen molar-refractivity contribution in [3.05, 3.63) is 40.8 Å². The summed E-state index contributed by atoms with van der Waals surface area (Å²) in [6.07, 6.45) is 4.56. The van der Waals surface area contributed by atoms with Gasteiger partial charge in [-0.15, -0.1) is 5.73 Å². The fourth-order valence-corrected chi connectivity index (χ4v) is 3.68. The molecule has 0 spiro atoms. The van der Waals surface area contributed by atoms with E-state index in [0.29, 0.717) is 76.0 Å². The van der Waals surface area contributed by atoms with Gasteiger partial charge in [0, 0.05) is 38.9 Å². The van der Waals surface area contributed by atoms with Gasteiger partial charge in [0.05, 0.1) is 23.3 Å². The zero-order valence-corrected chi connectivity index (χ0v) is 28.2. The summed E-state index contributed by atoms with van der Waals surface area (Å²) in [5, 5.41) is 12.1. The molecule has 1 aromatic rings. The van der Waals surface area contributed by atoms with Crippen LogP contribution in [0.25, 0.3) is 0 Å². The number of nitrogens with one attached hydrogen (secondary N) is 6. The van der Waals surface area contributed by atoms with Gasteiger partial charge in [-0.25, -0.2) is 4.98 Å². The van der Waals surface area contributed by atoms with Crippen LogP contribution in [0, 0.1) is 6.92 Å². The first-order valence-electron chi connectivity index (χ1n) is 13.8. The van der Waals surface area contributed by atoms with Crippen molar-refractivity contribution in [1.29, 1.82) is 0 Å². The average molecular weight is 708 g/mol. The Hall–Kier alpha value is -2.49. The van der Waals surface area contributed by atoms with Crippen molar-refractivity contribution in [2.24, 2.45) is 0 Å². The Morgan fingerprint density at radius 2 is 1.52 bits per heavy atom. The van der Waals surface area contributed by atoms with Crippen LogP contribution in [0.3, 0.4) is 0 Å². The van der Waals surface area contributed by atoms with Crippen molar-refractivity contribution in [1.82, 2.24) is 21.3 Å². The molecule has 253 valence electrons. The Bertz CT molecular complexity index is 1070. The fourth-order valence-electron chi connectivity index (χ4n) is 3.28. The summed E-state index contributed by atoms with van der Waals surface area (Å²) in [4.78, 5) is 42.6. The van der Waals surface area contributed by atoms with E-state index in [2.05, 4.69) is 37.0 Å².